The first-order chi connectivity index (χ1) is 12.0. The minimum atomic E-state index is 0. The maximum atomic E-state index is 5.21. The van der Waals surface area contributed by atoms with Gasteiger partial charge in [-0.15, -0.1) is 24.0 Å². The largest absolute Gasteiger partial charge is 0.380 e. The van der Waals surface area contributed by atoms with Crippen LogP contribution in [0.5, 0.6) is 0 Å². The maximum Gasteiger partial charge on any atom is 0.191 e. The molecule has 2 unspecified atom stereocenters. The van der Waals surface area contributed by atoms with Crippen LogP contribution in [0.4, 0.5) is 0 Å². The molecule has 148 valence electrons. The fourth-order valence-electron chi connectivity index (χ4n) is 3.26. The Hall–Kier alpha value is -0.860. The van der Waals surface area contributed by atoms with Crippen molar-refractivity contribution in [3.05, 3.63) is 35.4 Å². The van der Waals surface area contributed by atoms with Gasteiger partial charge in [0.1, 0.15) is 0 Å². The Bertz CT molecular complexity index is 564. The van der Waals surface area contributed by atoms with Crippen molar-refractivity contribution in [2.45, 2.75) is 52.9 Å². The Morgan fingerprint density at radius 2 is 2.04 bits per heavy atom. The molecule has 1 fully saturated rings. The summed E-state index contributed by atoms with van der Waals surface area (Å²) in [6.45, 7) is 13.4. The smallest absolute Gasteiger partial charge is 0.191 e. The molecule has 5 nitrogen and oxygen atoms in total. The predicted molar refractivity (Wildman–Crippen MR) is 120 cm³/mol. The van der Waals surface area contributed by atoms with Crippen molar-refractivity contribution in [2.75, 3.05) is 26.7 Å². The van der Waals surface area contributed by atoms with E-state index >= 15 is 0 Å². The van der Waals surface area contributed by atoms with Crippen LogP contribution in [0.2, 0.25) is 0 Å². The van der Waals surface area contributed by atoms with Gasteiger partial charge in [0.15, 0.2) is 5.96 Å². The normalized spacial score (nSPS) is 20.9. The molecular formula is C20H35IN4O. The van der Waals surface area contributed by atoms with Gasteiger partial charge in [0.25, 0.3) is 0 Å². The molecule has 1 aromatic rings. The second kappa shape index (κ2) is 11.8. The molecule has 26 heavy (non-hydrogen) atoms. The zero-order valence-corrected chi connectivity index (χ0v) is 19.1. The predicted octanol–water partition coefficient (Wildman–Crippen LogP) is 3.23. The Morgan fingerprint density at radius 3 is 2.65 bits per heavy atom. The zero-order chi connectivity index (χ0) is 18.2. The van der Waals surface area contributed by atoms with Gasteiger partial charge >= 0.3 is 0 Å². The number of likely N-dealkylation sites (tertiary alicyclic amines) is 1. The van der Waals surface area contributed by atoms with Crippen molar-refractivity contribution < 1.29 is 4.74 Å². The van der Waals surface area contributed by atoms with E-state index in [0.29, 0.717) is 31.2 Å². The molecule has 0 saturated carbocycles. The molecule has 1 aromatic carbocycles. The van der Waals surface area contributed by atoms with Crippen LogP contribution in [-0.4, -0.2) is 49.7 Å². The van der Waals surface area contributed by atoms with Crippen molar-refractivity contribution in [2.24, 2.45) is 10.9 Å². The van der Waals surface area contributed by atoms with E-state index in [0.717, 1.165) is 25.6 Å². The first kappa shape index (κ1) is 23.2. The molecule has 0 spiro atoms. The monoisotopic (exact) mass is 474 g/mol. The lowest BCUT2D eigenvalue weighted by Gasteiger charge is -2.22. The van der Waals surface area contributed by atoms with Gasteiger partial charge in [0.2, 0.25) is 0 Å². The second-order valence-electron chi connectivity index (χ2n) is 7.22. The van der Waals surface area contributed by atoms with E-state index in [-0.39, 0.29) is 24.0 Å². The van der Waals surface area contributed by atoms with Crippen LogP contribution < -0.4 is 10.6 Å². The van der Waals surface area contributed by atoms with Crippen LogP contribution in [0.1, 0.15) is 38.8 Å². The number of ether oxygens (including phenoxy) is 1. The van der Waals surface area contributed by atoms with Gasteiger partial charge in [-0.25, -0.2) is 4.99 Å². The molecule has 2 rings (SSSR count). The molecule has 1 aliphatic heterocycles. The Balaban J connectivity index is 0.00000338. The summed E-state index contributed by atoms with van der Waals surface area (Å²) in [5, 5.41) is 7.01. The summed E-state index contributed by atoms with van der Waals surface area (Å²) in [5.41, 5.74) is 2.39. The number of benzene rings is 1. The van der Waals surface area contributed by atoms with Gasteiger partial charge in [-0.3, -0.25) is 4.90 Å². The number of aliphatic imine (C=N–C) groups is 1. The highest BCUT2D eigenvalue weighted by molar-refractivity contribution is 14.0. The molecule has 1 saturated heterocycles. The lowest BCUT2D eigenvalue weighted by atomic mass is 10.1. The molecule has 1 heterocycles. The fourth-order valence-corrected chi connectivity index (χ4v) is 3.26. The third-order valence-electron chi connectivity index (χ3n) is 4.76. The Labute approximate surface area is 176 Å². The Kier molecular flexibility index (Phi) is 10.5. The van der Waals surface area contributed by atoms with E-state index < -0.39 is 0 Å². The molecule has 6 heteroatoms. The van der Waals surface area contributed by atoms with Gasteiger partial charge < -0.3 is 15.4 Å². The Morgan fingerprint density at radius 1 is 1.31 bits per heavy atom. The average molecular weight is 474 g/mol. The lowest BCUT2D eigenvalue weighted by molar-refractivity contribution is 0.185. The molecular weight excluding hydrogens is 439 g/mol. The fraction of sp³-hybridized carbons (Fsp3) is 0.650. The van der Waals surface area contributed by atoms with Gasteiger partial charge in [0.05, 0.1) is 13.2 Å². The molecule has 0 radical (unpaired) electrons. The summed E-state index contributed by atoms with van der Waals surface area (Å²) in [6.07, 6.45) is 0. The van der Waals surface area contributed by atoms with Crippen LogP contribution >= 0.6 is 24.0 Å². The van der Waals surface area contributed by atoms with Crippen LogP contribution in [-0.2, 0) is 17.9 Å². The minimum absolute atomic E-state index is 0. The number of halogens is 1. The van der Waals surface area contributed by atoms with Crippen LogP contribution in [0, 0.1) is 5.92 Å². The number of nitrogens with one attached hydrogen (secondary N) is 2. The van der Waals surface area contributed by atoms with E-state index in [1.807, 2.05) is 0 Å². The van der Waals surface area contributed by atoms with Crippen LogP contribution in [0.25, 0.3) is 0 Å². The van der Waals surface area contributed by atoms with E-state index in [2.05, 4.69) is 67.5 Å². The SMILES string of the molecule is CCNC(=NCc1cccc(COC)c1)NC1CN(C(C)C)CC1C.I. The first-order valence-electron chi connectivity index (χ1n) is 9.39. The molecule has 0 amide bonds. The summed E-state index contributed by atoms with van der Waals surface area (Å²) in [4.78, 5) is 7.32. The van der Waals surface area contributed by atoms with Gasteiger partial charge in [-0.1, -0.05) is 31.2 Å². The van der Waals surface area contributed by atoms with Gasteiger partial charge in [0, 0.05) is 38.8 Å². The molecule has 1 aliphatic rings. The highest BCUT2D eigenvalue weighted by Gasteiger charge is 2.31. The number of hydrogen-bond acceptors (Lipinski definition) is 3. The quantitative estimate of drug-likeness (QED) is 0.362. The maximum absolute atomic E-state index is 5.21. The van der Waals surface area contributed by atoms with E-state index in [1.54, 1.807) is 7.11 Å². The molecule has 2 atom stereocenters. The second-order valence-corrected chi connectivity index (χ2v) is 7.22. The third-order valence-corrected chi connectivity index (χ3v) is 4.76. The van der Waals surface area contributed by atoms with Crippen molar-refractivity contribution in [1.29, 1.82) is 0 Å². The van der Waals surface area contributed by atoms with Crippen molar-refractivity contribution >= 4 is 29.9 Å². The number of nitrogens with zero attached hydrogens (tertiary/aromatic N) is 2. The topological polar surface area (TPSA) is 48.9 Å². The lowest BCUT2D eigenvalue weighted by Crippen LogP contribution is -2.46. The van der Waals surface area contributed by atoms with E-state index in [1.165, 1.54) is 11.1 Å². The number of methoxy groups -OCH3 is 1. The molecule has 2 N–H and O–H groups in total. The first-order valence-corrected chi connectivity index (χ1v) is 9.39. The standard InChI is InChI=1S/C20H34N4O.HI/c1-6-21-20(23-19-13-24(15(2)3)12-16(19)4)22-11-17-8-7-9-18(10-17)14-25-5;/h7-10,15-16,19H,6,11-14H2,1-5H3,(H2,21,22,23);1H. The van der Waals surface area contributed by atoms with Crippen molar-refractivity contribution in [1.82, 2.24) is 15.5 Å². The summed E-state index contributed by atoms with van der Waals surface area (Å²) in [7, 11) is 1.72. The average Bonchev–Trinajstić information content (AvgIpc) is 2.95. The van der Waals surface area contributed by atoms with Crippen molar-refractivity contribution in [3.8, 4) is 0 Å². The summed E-state index contributed by atoms with van der Waals surface area (Å²) < 4.78 is 5.21. The van der Waals surface area contributed by atoms with E-state index in [4.69, 9.17) is 9.73 Å². The van der Waals surface area contributed by atoms with Crippen molar-refractivity contribution in [3.63, 3.8) is 0 Å². The van der Waals surface area contributed by atoms with Crippen LogP contribution in [0.15, 0.2) is 29.3 Å². The number of hydrogen-bond donors (Lipinski definition) is 2. The van der Waals surface area contributed by atoms with Gasteiger partial charge in [-0.05, 0) is 37.8 Å². The highest BCUT2D eigenvalue weighted by atomic mass is 127. The number of rotatable bonds is 7. The van der Waals surface area contributed by atoms with E-state index in [9.17, 15) is 0 Å². The summed E-state index contributed by atoms with van der Waals surface area (Å²) in [5.74, 6) is 1.53. The third kappa shape index (κ3) is 7.04. The molecule has 0 aliphatic carbocycles. The molecule has 0 aromatic heterocycles. The highest BCUT2D eigenvalue weighted by Crippen LogP contribution is 2.18. The van der Waals surface area contributed by atoms with Gasteiger partial charge in [-0.2, -0.15) is 0 Å². The minimum Gasteiger partial charge on any atom is -0.380 e. The zero-order valence-electron chi connectivity index (χ0n) is 16.8. The summed E-state index contributed by atoms with van der Waals surface area (Å²) in [6, 6.07) is 9.47. The number of guanidine groups is 1. The summed E-state index contributed by atoms with van der Waals surface area (Å²) >= 11 is 0. The molecule has 0 bridgehead atoms. The van der Waals surface area contributed by atoms with Crippen LogP contribution in [0.3, 0.4) is 0 Å².